The Labute approximate surface area is 159 Å². The number of amides is 2. The number of anilines is 2. The number of nitrogens with one attached hydrogen (secondary N) is 1. The van der Waals surface area contributed by atoms with Gasteiger partial charge in [-0.05, 0) is 31.5 Å². The van der Waals surface area contributed by atoms with Crippen molar-refractivity contribution < 1.29 is 9.59 Å². The summed E-state index contributed by atoms with van der Waals surface area (Å²) in [6.07, 6.45) is 1.41. The quantitative estimate of drug-likeness (QED) is 0.799. The molecule has 8 heteroatoms. The molecule has 2 aromatic rings. The SMILES string of the molecule is Cc1nc(CSCC(=O)Nc2ccc(N3CCCC3=O)c(Cl)c2)cs1. The number of benzene rings is 1. The lowest BCUT2D eigenvalue weighted by molar-refractivity contribution is -0.117. The Morgan fingerprint density at radius 2 is 2.32 bits per heavy atom. The lowest BCUT2D eigenvalue weighted by atomic mass is 10.2. The highest BCUT2D eigenvalue weighted by atomic mass is 35.5. The van der Waals surface area contributed by atoms with Gasteiger partial charge < -0.3 is 10.2 Å². The molecule has 2 heterocycles. The second-order valence-corrected chi connectivity index (χ2v) is 8.17. The predicted octanol–water partition coefficient (Wildman–Crippen LogP) is 4.10. The van der Waals surface area contributed by atoms with Gasteiger partial charge in [-0.1, -0.05) is 11.6 Å². The minimum absolute atomic E-state index is 0.0852. The number of hydrogen-bond donors (Lipinski definition) is 1. The summed E-state index contributed by atoms with van der Waals surface area (Å²) in [6, 6.07) is 5.25. The molecule has 0 atom stereocenters. The van der Waals surface area contributed by atoms with Crippen molar-refractivity contribution in [2.45, 2.75) is 25.5 Å². The maximum Gasteiger partial charge on any atom is 0.234 e. The standard InChI is InChI=1S/C17H18ClN3O2S2/c1-11-19-13(9-25-11)8-24-10-16(22)20-12-4-5-15(14(18)7-12)21-6-2-3-17(21)23/h4-5,7,9H,2-3,6,8,10H2,1H3,(H,20,22). The molecule has 1 aromatic carbocycles. The molecule has 5 nitrogen and oxygen atoms in total. The predicted molar refractivity (Wildman–Crippen MR) is 105 cm³/mol. The third kappa shape index (κ3) is 4.74. The van der Waals surface area contributed by atoms with Crippen molar-refractivity contribution in [3.8, 4) is 0 Å². The van der Waals surface area contributed by atoms with Gasteiger partial charge in [-0.15, -0.1) is 23.1 Å². The fraction of sp³-hybridized carbons (Fsp3) is 0.353. The van der Waals surface area contributed by atoms with E-state index in [2.05, 4.69) is 10.3 Å². The molecular weight excluding hydrogens is 378 g/mol. The van der Waals surface area contributed by atoms with Crippen molar-refractivity contribution in [1.82, 2.24) is 4.98 Å². The highest BCUT2D eigenvalue weighted by Gasteiger charge is 2.23. The van der Waals surface area contributed by atoms with Gasteiger partial charge in [0.2, 0.25) is 11.8 Å². The number of carbonyl (C=O) groups is 2. The highest BCUT2D eigenvalue weighted by molar-refractivity contribution is 7.99. The van der Waals surface area contributed by atoms with Crippen LogP contribution in [0.25, 0.3) is 0 Å². The van der Waals surface area contributed by atoms with E-state index in [1.807, 2.05) is 12.3 Å². The summed E-state index contributed by atoms with van der Waals surface area (Å²) in [5.74, 6) is 1.07. The zero-order valence-corrected chi connectivity index (χ0v) is 16.1. The van der Waals surface area contributed by atoms with Crippen molar-refractivity contribution in [1.29, 1.82) is 0 Å². The number of thiazole rings is 1. The second kappa shape index (κ2) is 8.21. The number of thioether (sulfide) groups is 1. The highest BCUT2D eigenvalue weighted by Crippen LogP contribution is 2.31. The summed E-state index contributed by atoms with van der Waals surface area (Å²) < 4.78 is 0. The van der Waals surface area contributed by atoms with Crippen LogP contribution in [0.15, 0.2) is 23.6 Å². The Morgan fingerprint density at radius 1 is 1.48 bits per heavy atom. The van der Waals surface area contributed by atoms with Crippen LogP contribution >= 0.6 is 34.7 Å². The average molecular weight is 396 g/mol. The number of aromatic nitrogens is 1. The van der Waals surface area contributed by atoms with Gasteiger partial charge >= 0.3 is 0 Å². The van der Waals surface area contributed by atoms with E-state index in [0.29, 0.717) is 40.9 Å². The van der Waals surface area contributed by atoms with Crippen LogP contribution in [0.3, 0.4) is 0 Å². The van der Waals surface area contributed by atoms with Crippen molar-refractivity contribution in [3.05, 3.63) is 39.3 Å². The maximum absolute atomic E-state index is 12.1. The van der Waals surface area contributed by atoms with E-state index < -0.39 is 0 Å². The van der Waals surface area contributed by atoms with Crippen molar-refractivity contribution in [2.24, 2.45) is 0 Å². The summed E-state index contributed by atoms with van der Waals surface area (Å²) in [6.45, 7) is 2.66. The van der Waals surface area contributed by atoms with Gasteiger partial charge in [0.05, 0.1) is 27.2 Å². The van der Waals surface area contributed by atoms with Crippen LogP contribution in [0.1, 0.15) is 23.5 Å². The van der Waals surface area contributed by atoms with Crippen molar-refractivity contribution in [2.75, 3.05) is 22.5 Å². The van der Waals surface area contributed by atoms with E-state index in [1.165, 1.54) is 11.8 Å². The van der Waals surface area contributed by atoms with Crippen molar-refractivity contribution >= 4 is 57.9 Å². The number of nitrogens with zero attached hydrogens (tertiary/aromatic N) is 2. The third-order valence-electron chi connectivity index (χ3n) is 3.75. The molecule has 132 valence electrons. The van der Waals surface area contributed by atoms with Gasteiger partial charge in [-0.25, -0.2) is 4.98 Å². The molecule has 1 aromatic heterocycles. The van der Waals surface area contributed by atoms with Gasteiger partial charge in [0.1, 0.15) is 0 Å². The van der Waals surface area contributed by atoms with Gasteiger partial charge in [-0.3, -0.25) is 9.59 Å². The Morgan fingerprint density at radius 3 is 2.96 bits per heavy atom. The van der Waals surface area contributed by atoms with Crippen LogP contribution in [0.5, 0.6) is 0 Å². The molecule has 0 saturated carbocycles. The zero-order chi connectivity index (χ0) is 17.8. The smallest absolute Gasteiger partial charge is 0.234 e. The molecular formula is C17H18ClN3O2S2. The first kappa shape index (κ1) is 18.2. The molecule has 1 fully saturated rings. The summed E-state index contributed by atoms with van der Waals surface area (Å²) in [5.41, 5.74) is 2.34. The molecule has 0 spiro atoms. The molecule has 1 saturated heterocycles. The first-order valence-electron chi connectivity index (χ1n) is 7.91. The Kier molecular flexibility index (Phi) is 5.98. The van der Waals surface area contributed by atoms with Gasteiger partial charge in [-0.2, -0.15) is 0 Å². The summed E-state index contributed by atoms with van der Waals surface area (Å²) in [5, 5.41) is 6.35. The van der Waals surface area contributed by atoms with E-state index in [0.717, 1.165) is 17.1 Å². The van der Waals surface area contributed by atoms with Gasteiger partial charge in [0.15, 0.2) is 0 Å². The van der Waals surface area contributed by atoms with Crippen LogP contribution in [-0.4, -0.2) is 29.1 Å². The molecule has 1 aliphatic heterocycles. The molecule has 0 unspecified atom stereocenters. The molecule has 1 aliphatic rings. The lowest BCUT2D eigenvalue weighted by Gasteiger charge is -2.18. The van der Waals surface area contributed by atoms with E-state index in [9.17, 15) is 9.59 Å². The number of halogens is 1. The number of carbonyl (C=O) groups excluding carboxylic acids is 2. The topological polar surface area (TPSA) is 62.3 Å². The van der Waals surface area contributed by atoms with Crippen LogP contribution in [0, 0.1) is 6.92 Å². The first-order chi connectivity index (χ1) is 12.0. The molecule has 0 bridgehead atoms. The second-order valence-electron chi connectivity index (χ2n) is 5.71. The average Bonchev–Trinajstić information content (AvgIpc) is 3.16. The minimum atomic E-state index is -0.0852. The largest absolute Gasteiger partial charge is 0.325 e. The van der Waals surface area contributed by atoms with Crippen molar-refractivity contribution in [3.63, 3.8) is 0 Å². The maximum atomic E-state index is 12.1. The van der Waals surface area contributed by atoms with Gasteiger partial charge in [0.25, 0.3) is 0 Å². The Hall–Kier alpha value is -1.57. The summed E-state index contributed by atoms with van der Waals surface area (Å²) >= 11 is 9.42. The van der Waals surface area contributed by atoms with E-state index >= 15 is 0 Å². The molecule has 3 rings (SSSR count). The monoisotopic (exact) mass is 395 g/mol. The molecule has 0 aliphatic carbocycles. The first-order valence-corrected chi connectivity index (χ1v) is 10.3. The van der Waals surface area contributed by atoms with Gasteiger partial charge in [0, 0.05) is 29.8 Å². The van der Waals surface area contributed by atoms with Crippen LogP contribution in [0.4, 0.5) is 11.4 Å². The minimum Gasteiger partial charge on any atom is -0.325 e. The molecule has 2 amide bonds. The third-order valence-corrected chi connectivity index (χ3v) is 5.84. The van der Waals surface area contributed by atoms with Crippen LogP contribution in [-0.2, 0) is 15.3 Å². The lowest BCUT2D eigenvalue weighted by Crippen LogP contribution is -2.24. The number of rotatable bonds is 6. The molecule has 0 radical (unpaired) electrons. The summed E-state index contributed by atoms with van der Waals surface area (Å²) in [7, 11) is 0. The number of hydrogen-bond acceptors (Lipinski definition) is 5. The Bertz CT molecular complexity index is 794. The number of aryl methyl sites for hydroxylation is 1. The van der Waals surface area contributed by atoms with Crippen LogP contribution < -0.4 is 10.2 Å². The zero-order valence-electron chi connectivity index (χ0n) is 13.8. The van der Waals surface area contributed by atoms with E-state index in [1.54, 1.807) is 34.4 Å². The summed E-state index contributed by atoms with van der Waals surface area (Å²) in [4.78, 5) is 29.9. The van der Waals surface area contributed by atoms with Crippen LogP contribution in [0.2, 0.25) is 5.02 Å². The van der Waals surface area contributed by atoms with E-state index in [4.69, 9.17) is 11.6 Å². The molecule has 1 N–H and O–H groups in total. The fourth-order valence-electron chi connectivity index (χ4n) is 2.63. The fourth-order valence-corrected chi connectivity index (χ4v) is 4.34. The molecule has 25 heavy (non-hydrogen) atoms. The van der Waals surface area contributed by atoms with E-state index in [-0.39, 0.29) is 11.8 Å². The Balaban J connectivity index is 1.52. The normalized spacial score (nSPS) is 14.2.